The van der Waals surface area contributed by atoms with Gasteiger partial charge in [-0.1, -0.05) is 23.7 Å². The van der Waals surface area contributed by atoms with E-state index in [0.717, 1.165) is 38.0 Å². The zero-order chi connectivity index (χ0) is 18.5. The number of carbonyl (C=O) groups is 1. The maximum absolute atomic E-state index is 13.0. The summed E-state index contributed by atoms with van der Waals surface area (Å²) in [5.41, 5.74) is 1.70. The molecule has 3 nitrogen and oxygen atoms in total. The molecular weight excluding hydrogens is 353 g/mol. The number of rotatable bonds is 6. The highest BCUT2D eigenvalue weighted by Gasteiger charge is 2.27. The van der Waals surface area contributed by atoms with E-state index in [0.29, 0.717) is 10.6 Å². The average molecular weight is 376 g/mol. The molecule has 1 fully saturated rings. The molecule has 138 valence electrons. The lowest BCUT2D eigenvalue weighted by Crippen LogP contribution is -2.39. The molecule has 2 aromatic rings. The van der Waals surface area contributed by atoms with Crippen molar-refractivity contribution in [2.45, 2.75) is 18.9 Å². The second-order valence-electron chi connectivity index (χ2n) is 6.72. The number of hydrogen-bond donors (Lipinski definition) is 0. The molecule has 1 heterocycles. The number of halogens is 2. The second-order valence-corrected chi connectivity index (χ2v) is 7.16. The highest BCUT2D eigenvalue weighted by Crippen LogP contribution is 2.25. The molecule has 0 N–H and O–H groups in total. The van der Waals surface area contributed by atoms with Crippen LogP contribution < -0.4 is 0 Å². The Kier molecular flexibility index (Phi) is 6.41. The zero-order valence-corrected chi connectivity index (χ0v) is 15.6. The molecule has 0 aliphatic carbocycles. The Hall–Kier alpha value is -1.75. The summed E-state index contributed by atoms with van der Waals surface area (Å²) in [5, 5.41) is 0.712. The molecule has 1 aliphatic heterocycles. The van der Waals surface area contributed by atoms with Crippen molar-refractivity contribution < 1.29 is 13.9 Å². The van der Waals surface area contributed by atoms with Gasteiger partial charge in [0, 0.05) is 30.2 Å². The number of carbonyl (C=O) groups excluding carboxylic acids is 1. The third kappa shape index (κ3) is 4.70. The van der Waals surface area contributed by atoms with Crippen LogP contribution in [0, 0.1) is 11.7 Å². The third-order valence-corrected chi connectivity index (χ3v) is 5.29. The maximum Gasteiger partial charge on any atom is 0.166 e. The van der Waals surface area contributed by atoms with E-state index < -0.39 is 0 Å². The first-order chi connectivity index (χ1) is 12.6. The van der Waals surface area contributed by atoms with Crippen LogP contribution in [-0.2, 0) is 4.74 Å². The number of piperidine rings is 1. The highest BCUT2D eigenvalue weighted by atomic mass is 35.5. The Labute approximate surface area is 158 Å². The smallest absolute Gasteiger partial charge is 0.166 e. The molecule has 1 atom stereocenters. The van der Waals surface area contributed by atoms with Crippen LogP contribution in [0.15, 0.2) is 48.5 Å². The summed E-state index contributed by atoms with van der Waals surface area (Å²) in [6.07, 6.45) is 1.61. The van der Waals surface area contributed by atoms with E-state index in [9.17, 15) is 9.18 Å². The number of methoxy groups -OCH3 is 1. The van der Waals surface area contributed by atoms with Gasteiger partial charge in [0.2, 0.25) is 0 Å². The lowest BCUT2D eigenvalue weighted by Gasteiger charge is -2.33. The first-order valence-electron chi connectivity index (χ1n) is 8.87. The summed E-state index contributed by atoms with van der Waals surface area (Å²) < 4.78 is 18.7. The number of ether oxygens (including phenoxy) is 1. The summed E-state index contributed by atoms with van der Waals surface area (Å²) in [6.45, 7) is 2.49. The van der Waals surface area contributed by atoms with Gasteiger partial charge >= 0.3 is 0 Å². The van der Waals surface area contributed by atoms with E-state index in [-0.39, 0.29) is 23.6 Å². The maximum atomic E-state index is 13.0. The Morgan fingerprint density at radius 3 is 2.35 bits per heavy atom. The predicted molar refractivity (Wildman–Crippen MR) is 101 cm³/mol. The van der Waals surface area contributed by atoms with E-state index in [1.54, 1.807) is 19.2 Å². The lowest BCUT2D eigenvalue weighted by molar-refractivity contribution is 0.0485. The Bertz CT molecular complexity index is 725. The normalized spacial score (nSPS) is 17.2. The molecule has 1 aliphatic rings. The van der Waals surface area contributed by atoms with Crippen LogP contribution in [0.2, 0.25) is 5.02 Å². The third-order valence-electron chi connectivity index (χ3n) is 5.04. The van der Waals surface area contributed by atoms with Gasteiger partial charge in [-0.2, -0.15) is 0 Å². The molecule has 0 aromatic heterocycles. The summed E-state index contributed by atoms with van der Waals surface area (Å²) in [6, 6.07) is 13.6. The van der Waals surface area contributed by atoms with Gasteiger partial charge < -0.3 is 9.64 Å². The van der Waals surface area contributed by atoms with Crippen molar-refractivity contribution in [3.05, 3.63) is 70.5 Å². The number of ketones is 1. The van der Waals surface area contributed by atoms with Crippen LogP contribution in [0.1, 0.15) is 34.9 Å². The summed E-state index contributed by atoms with van der Waals surface area (Å²) >= 11 is 5.95. The molecule has 0 amide bonds. The summed E-state index contributed by atoms with van der Waals surface area (Å²) in [5.74, 6) is -0.192. The van der Waals surface area contributed by atoms with Crippen molar-refractivity contribution in [3.63, 3.8) is 0 Å². The van der Waals surface area contributed by atoms with Crippen molar-refractivity contribution >= 4 is 17.4 Å². The fraction of sp³-hybridized carbons (Fsp3) is 0.381. The topological polar surface area (TPSA) is 29.5 Å². The molecule has 1 saturated heterocycles. The SMILES string of the molecule is COC(CN1CCC(C(=O)c2ccc(F)cc2)CC1)c1ccc(Cl)cc1. The van der Waals surface area contributed by atoms with E-state index in [4.69, 9.17) is 16.3 Å². The van der Waals surface area contributed by atoms with Gasteiger partial charge in [0.1, 0.15) is 5.82 Å². The minimum absolute atomic E-state index is 0.00763. The standard InChI is InChI=1S/C21H23ClFNO2/c1-26-20(15-2-6-18(22)7-3-15)14-24-12-10-17(11-13-24)21(25)16-4-8-19(23)9-5-16/h2-9,17,20H,10-14H2,1H3. The molecule has 0 bridgehead atoms. The van der Waals surface area contributed by atoms with Crippen molar-refractivity contribution in [2.24, 2.45) is 5.92 Å². The van der Waals surface area contributed by atoms with Gasteiger partial charge in [-0.15, -0.1) is 0 Å². The van der Waals surface area contributed by atoms with Crippen molar-refractivity contribution in [2.75, 3.05) is 26.7 Å². The first kappa shape index (κ1) is 19.0. The van der Waals surface area contributed by atoms with Gasteiger partial charge in [-0.25, -0.2) is 4.39 Å². The van der Waals surface area contributed by atoms with Crippen LogP contribution in [0.25, 0.3) is 0 Å². The van der Waals surface area contributed by atoms with E-state index in [2.05, 4.69) is 4.90 Å². The first-order valence-corrected chi connectivity index (χ1v) is 9.25. The molecule has 1 unspecified atom stereocenters. The van der Waals surface area contributed by atoms with Crippen LogP contribution in [0.5, 0.6) is 0 Å². The van der Waals surface area contributed by atoms with E-state index >= 15 is 0 Å². The molecule has 2 aromatic carbocycles. The fourth-order valence-corrected chi connectivity index (χ4v) is 3.58. The molecule has 5 heteroatoms. The molecule has 26 heavy (non-hydrogen) atoms. The fourth-order valence-electron chi connectivity index (χ4n) is 3.46. The van der Waals surface area contributed by atoms with Crippen LogP contribution in [-0.4, -0.2) is 37.4 Å². The number of likely N-dealkylation sites (tertiary alicyclic amines) is 1. The quantitative estimate of drug-likeness (QED) is 0.681. The van der Waals surface area contributed by atoms with Gasteiger partial charge in [0.05, 0.1) is 6.10 Å². The van der Waals surface area contributed by atoms with E-state index in [1.165, 1.54) is 12.1 Å². The summed E-state index contributed by atoms with van der Waals surface area (Å²) in [4.78, 5) is 14.9. The van der Waals surface area contributed by atoms with Gasteiger partial charge in [-0.05, 0) is 67.9 Å². The predicted octanol–water partition coefficient (Wildman–Crippen LogP) is 4.76. The van der Waals surface area contributed by atoms with Gasteiger partial charge in [0.25, 0.3) is 0 Å². The van der Waals surface area contributed by atoms with Crippen molar-refractivity contribution in [3.8, 4) is 0 Å². The molecule has 3 rings (SSSR count). The van der Waals surface area contributed by atoms with Crippen molar-refractivity contribution in [1.82, 2.24) is 4.90 Å². The zero-order valence-electron chi connectivity index (χ0n) is 14.8. The largest absolute Gasteiger partial charge is 0.375 e. The number of benzene rings is 2. The Morgan fingerprint density at radius 1 is 1.15 bits per heavy atom. The second kappa shape index (κ2) is 8.76. The van der Waals surface area contributed by atoms with Gasteiger partial charge in [0.15, 0.2) is 5.78 Å². The minimum atomic E-state index is -0.316. The molecule has 0 saturated carbocycles. The van der Waals surface area contributed by atoms with Crippen LogP contribution in [0.3, 0.4) is 0 Å². The molecule has 0 spiro atoms. The van der Waals surface area contributed by atoms with Crippen LogP contribution in [0.4, 0.5) is 4.39 Å². The van der Waals surface area contributed by atoms with Crippen LogP contribution >= 0.6 is 11.6 Å². The Balaban J connectivity index is 1.55. The highest BCUT2D eigenvalue weighted by molar-refractivity contribution is 6.30. The number of nitrogens with zero attached hydrogens (tertiary/aromatic N) is 1. The number of Topliss-reactive ketones (excluding diaryl/α,β-unsaturated/α-hetero) is 1. The van der Waals surface area contributed by atoms with Gasteiger partial charge in [-0.3, -0.25) is 4.79 Å². The van der Waals surface area contributed by atoms with Crippen molar-refractivity contribution in [1.29, 1.82) is 0 Å². The van der Waals surface area contributed by atoms with E-state index in [1.807, 2.05) is 24.3 Å². The summed E-state index contributed by atoms with van der Waals surface area (Å²) in [7, 11) is 1.71. The minimum Gasteiger partial charge on any atom is -0.375 e. The average Bonchev–Trinajstić information content (AvgIpc) is 2.67. The number of hydrogen-bond acceptors (Lipinski definition) is 3. The monoisotopic (exact) mass is 375 g/mol. The molecular formula is C21H23ClFNO2. The molecule has 0 radical (unpaired) electrons. The lowest BCUT2D eigenvalue weighted by atomic mass is 9.88. The Morgan fingerprint density at radius 2 is 1.77 bits per heavy atom.